The van der Waals surface area contributed by atoms with Crippen LogP contribution in [0.3, 0.4) is 0 Å². The average Bonchev–Trinajstić information content (AvgIpc) is 2.46. The smallest absolute Gasteiger partial charge is 0.144 e. The van der Waals surface area contributed by atoms with Gasteiger partial charge >= 0.3 is 0 Å². The molecule has 0 aliphatic rings. The third-order valence-corrected chi connectivity index (χ3v) is 3.27. The van der Waals surface area contributed by atoms with Gasteiger partial charge in [-0.2, -0.15) is 0 Å². The lowest BCUT2D eigenvalue weighted by Crippen LogP contribution is -2.11. The second-order valence-corrected chi connectivity index (χ2v) is 4.69. The second kappa shape index (κ2) is 6.07. The Balaban J connectivity index is 0.00000147. The number of hydrogen-bond donors (Lipinski definition) is 0. The maximum absolute atomic E-state index is 6.04. The zero-order valence-corrected chi connectivity index (χ0v) is 12.4. The van der Waals surface area contributed by atoms with Crippen LogP contribution < -0.4 is 4.90 Å². The van der Waals surface area contributed by atoms with Crippen molar-refractivity contribution < 1.29 is 0 Å². The number of nitrogens with zero attached hydrogens (tertiary/aromatic N) is 3. The van der Waals surface area contributed by atoms with Gasteiger partial charge in [-0.05, 0) is 30.3 Å². The first-order valence-electron chi connectivity index (χ1n) is 5.95. The predicted octanol–water partition coefficient (Wildman–Crippen LogP) is 4.47. The molecular weight excluding hydrogens is 293 g/mol. The van der Waals surface area contributed by atoms with Crippen LogP contribution in [0, 0.1) is 0 Å². The van der Waals surface area contributed by atoms with E-state index in [0.29, 0.717) is 5.02 Å². The minimum atomic E-state index is 0. The van der Waals surface area contributed by atoms with Crippen LogP contribution in [0.2, 0.25) is 5.02 Å². The van der Waals surface area contributed by atoms with Crippen LogP contribution in [-0.2, 0) is 0 Å². The van der Waals surface area contributed by atoms with Crippen molar-refractivity contribution in [2.24, 2.45) is 0 Å². The van der Waals surface area contributed by atoms with Crippen molar-refractivity contribution in [3.05, 3.63) is 59.9 Å². The van der Waals surface area contributed by atoms with E-state index in [1.54, 1.807) is 6.33 Å². The van der Waals surface area contributed by atoms with Crippen LogP contribution in [0.1, 0.15) is 0 Å². The highest BCUT2D eigenvalue weighted by Crippen LogP contribution is 2.28. The molecule has 0 amide bonds. The fourth-order valence-corrected chi connectivity index (χ4v) is 2.25. The summed E-state index contributed by atoms with van der Waals surface area (Å²) in [4.78, 5) is 10.7. The van der Waals surface area contributed by atoms with Crippen molar-refractivity contribution >= 4 is 46.4 Å². The van der Waals surface area contributed by atoms with Gasteiger partial charge in [0.1, 0.15) is 12.1 Å². The lowest BCUT2D eigenvalue weighted by Gasteiger charge is -2.19. The van der Waals surface area contributed by atoms with Crippen LogP contribution in [-0.4, -0.2) is 17.0 Å². The lowest BCUT2D eigenvalue weighted by atomic mass is 10.2. The van der Waals surface area contributed by atoms with E-state index in [1.165, 1.54) is 0 Å². The van der Waals surface area contributed by atoms with Crippen LogP contribution in [0.15, 0.2) is 54.9 Å². The molecule has 0 aliphatic heterocycles. The Kier molecular flexibility index (Phi) is 4.42. The highest BCUT2D eigenvalue weighted by molar-refractivity contribution is 6.30. The molecule has 20 heavy (non-hydrogen) atoms. The van der Waals surface area contributed by atoms with E-state index in [1.807, 2.05) is 60.5 Å². The Morgan fingerprint density at radius 1 is 1.00 bits per heavy atom. The van der Waals surface area contributed by atoms with Gasteiger partial charge in [0.15, 0.2) is 0 Å². The van der Waals surface area contributed by atoms with E-state index in [0.717, 1.165) is 22.4 Å². The highest BCUT2D eigenvalue weighted by atomic mass is 35.5. The number of anilines is 2. The molecule has 0 N–H and O–H groups in total. The summed E-state index contributed by atoms with van der Waals surface area (Å²) in [5, 5.41) is 1.73. The van der Waals surface area contributed by atoms with Crippen LogP contribution >= 0.6 is 24.0 Å². The molecule has 0 aliphatic carbocycles. The molecule has 0 saturated heterocycles. The molecular formula is C15H13Cl2N3. The van der Waals surface area contributed by atoms with Gasteiger partial charge in [-0.1, -0.05) is 29.8 Å². The van der Waals surface area contributed by atoms with Gasteiger partial charge in [0, 0.05) is 23.1 Å². The topological polar surface area (TPSA) is 29.0 Å². The minimum Gasteiger partial charge on any atom is -0.329 e. The molecule has 102 valence electrons. The van der Waals surface area contributed by atoms with Crippen LogP contribution in [0.25, 0.3) is 10.9 Å². The van der Waals surface area contributed by atoms with Crippen molar-refractivity contribution in [1.82, 2.24) is 9.97 Å². The molecule has 3 nitrogen and oxygen atoms in total. The molecule has 0 atom stereocenters. The van der Waals surface area contributed by atoms with E-state index < -0.39 is 0 Å². The fourth-order valence-electron chi connectivity index (χ4n) is 2.06. The Morgan fingerprint density at radius 2 is 1.80 bits per heavy atom. The van der Waals surface area contributed by atoms with Crippen molar-refractivity contribution in [2.45, 2.75) is 0 Å². The maximum Gasteiger partial charge on any atom is 0.144 e. The number of fused-ring (bicyclic) bond motifs is 1. The molecule has 0 bridgehead atoms. The Hall–Kier alpha value is -1.84. The monoisotopic (exact) mass is 305 g/mol. The van der Waals surface area contributed by atoms with E-state index in [2.05, 4.69) is 9.97 Å². The first-order valence-corrected chi connectivity index (χ1v) is 6.32. The molecule has 0 spiro atoms. The molecule has 1 aromatic heterocycles. The Bertz CT molecular complexity index is 726. The van der Waals surface area contributed by atoms with Gasteiger partial charge in [-0.3, -0.25) is 0 Å². The first kappa shape index (κ1) is 14.6. The third kappa shape index (κ3) is 2.69. The quantitative estimate of drug-likeness (QED) is 0.699. The standard InChI is InChI=1S/C15H12ClN3.ClH/c1-19(12-6-4-5-11(16)9-12)15-13-7-2-3-8-14(13)17-10-18-15;/h2-10H,1H3;1H. The number of hydrogen-bond acceptors (Lipinski definition) is 3. The molecule has 3 aromatic rings. The highest BCUT2D eigenvalue weighted by Gasteiger charge is 2.10. The van der Waals surface area contributed by atoms with E-state index in [9.17, 15) is 0 Å². The van der Waals surface area contributed by atoms with Crippen molar-refractivity contribution in [3.8, 4) is 0 Å². The van der Waals surface area contributed by atoms with Gasteiger partial charge in [0.05, 0.1) is 5.52 Å². The van der Waals surface area contributed by atoms with Gasteiger partial charge in [-0.25, -0.2) is 9.97 Å². The lowest BCUT2D eigenvalue weighted by molar-refractivity contribution is 1.11. The normalized spacial score (nSPS) is 10.1. The molecule has 0 unspecified atom stereocenters. The minimum absolute atomic E-state index is 0. The summed E-state index contributed by atoms with van der Waals surface area (Å²) < 4.78 is 0. The summed E-state index contributed by atoms with van der Waals surface area (Å²) in [6.07, 6.45) is 1.58. The van der Waals surface area contributed by atoms with E-state index >= 15 is 0 Å². The zero-order valence-electron chi connectivity index (χ0n) is 10.8. The van der Waals surface area contributed by atoms with E-state index in [-0.39, 0.29) is 12.4 Å². The molecule has 0 saturated carbocycles. The van der Waals surface area contributed by atoms with Crippen LogP contribution in [0.4, 0.5) is 11.5 Å². The summed E-state index contributed by atoms with van der Waals surface area (Å²) in [5.74, 6) is 0.868. The Labute approximate surface area is 128 Å². The van der Waals surface area contributed by atoms with E-state index in [4.69, 9.17) is 11.6 Å². The van der Waals surface area contributed by atoms with Crippen molar-refractivity contribution in [2.75, 3.05) is 11.9 Å². The summed E-state index contributed by atoms with van der Waals surface area (Å²) in [5.41, 5.74) is 1.93. The third-order valence-electron chi connectivity index (χ3n) is 3.03. The zero-order chi connectivity index (χ0) is 13.2. The number of benzene rings is 2. The second-order valence-electron chi connectivity index (χ2n) is 4.25. The maximum atomic E-state index is 6.04. The van der Waals surface area contributed by atoms with Crippen LogP contribution in [0.5, 0.6) is 0 Å². The van der Waals surface area contributed by atoms with Gasteiger partial charge in [0.2, 0.25) is 0 Å². The SMILES string of the molecule is CN(c1cccc(Cl)c1)c1ncnc2ccccc12.Cl. The molecule has 1 heterocycles. The summed E-state index contributed by atoms with van der Waals surface area (Å²) in [7, 11) is 1.97. The van der Waals surface area contributed by atoms with Crippen molar-refractivity contribution in [1.29, 1.82) is 0 Å². The fraction of sp³-hybridized carbons (Fsp3) is 0.0667. The molecule has 0 radical (unpaired) electrons. The first-order chi connectivity index (χ1) is 9.25. The molecule has 2 aromatic carbocycles. The number of para-hydroxylation sites is 1. The van der Waals surface area contributed by atoms with Gasteiger partial charge < -0.3 is 4.90 Å². The van der Waals surface area contributed by atoms with Crippen molar-refractivity contribution in [3.63, 3.8) is 0 Å². The largest absolute Gasteiger partial charge is 0.329 e. The number of halogens is 2. The number of rotatable bonds is 2. The molecule has 5 heteroatoms. The summed E-state index contributed by atoms with van der Waals surface area (Å²) >= 11 is 6.04. The summed E-state index contributed by atoms with van der Waals surface area (Å²) in [6, 6.07) is 15.7. The van der Waals surface area contributed by atoms with Gasteiger partial charge in [0.25, 0.3) is 0 Å². The molecule has 3 rings (SSSR count). The molecule has 0 fully saturated rings. The number of aromatic nitrogens is 2. The van der Waals surface area contributed by atoms with Gasteiger partial charge in [-0.15, -0.1) is 12.4 Å². The summed E-state index contributed by atoms with van der Waals surface area (Å²) in [6.45, 7) is 0. The average molecular weight is 306 g/mol. The predicted molar refractivity (Wildman–Crippen MR) is 86.3 cm³/mol. The Morgan fingerprint density at radius 3 is 2.60 bits per heavy atom.